The Kier molecular flexibility index (Phi) is 4.04. The zero-order valence-corrected chi connectivity index (χ0v) is 9.72. The zero-order chi connectivity index (χ0) is 11.5. The largest absolute Gasteiger partial charge is 0.242 e. The molecule has 0 N–H and O–H groups in total. The minimum absolute atomic E-state index is 0.0743. The highest BCUT2D eigenvalue weighted by Crippen LogP contribution is 2.12. The molecule has 0 aliphatic rings. The zero-order valence-electron chi connectivity index (χ0n) is 8.15. The first-order valence-corrected chi connectivity index (χ1v) is 6.54. The van der Waals surface area contributed by atoms with Crippen LogP contribution in [0.15, 0.2) is 23.4 Å². The van der Waals surface area contributed by atoms with Gasteiger partial charge in [-0.15, -0.1) is 11.6 Å². The Bertz CT molecular complexity index is 418. The van der Waals surface area contributed by atoms with Gasteiger partial charge in [0, 0.05) is 5.88 Å². The van der Waals surface area contributed by atoms with Crippen LogP contribution >= 0.6 is 11.6 Å². The van der Waals surface area contributed by atoms with Crippen molar-refractivity contribution in [3.63, 3.8) is 0 Å². The Morgan fingerprint density at radius 2 is 2.20 bits per heavy atom. The third kappa shape index (κ3) is 3.43. The maximum atomic E-state index is 12.5. The van der Waals surface area contributed by atoms with Crippen molar-refractivity contribution in [1.82, 2.24) is 4.98 Å². The Morgan fingerprint density at radius 1 is 1.53 bits per heavy atom. The van der Waals surface area contributed by atoms with Crippen LogP contribution in [-0.4, -0.2) is 25.0 Å². The Hall–Kier alpha value is -0.680. The van der Waals surface area contributed by atoms with E-state index in [1.54, 1.807) is 6.92 Å². The minimum Gasteiger partial charge on any atom is -0.242 e. The molecule has 1 aromatic heterocycles. The van der Waals surface area contributed by atoms with Crippen LogP contribution in [0.3, 0.4) is 0 Å². The van der Waals surface area contributed by atoms with E-state index in [1.807, 2.05) is 0 Å². The number of aromatic nitrogens is 1. The molecular formula is C9H11ClFNO2S. The summed E-state index contributed by atoms with van der Waals surface area (Å²) < 4.78 is 35.9. The first-order chi connectivity index (χ1) is 6.95. The van der Waals surface area contributed by atoms with Crippen molar-refractivity contribution < 1.29 is 12.8 Å². The summed E-state index contributed by atoms with van der Waals surface area (Å²) in [6.45, 7) is 1.73. The Morgan fingerprint density at radius 3 is 2.67 bits per heavy atom. The lowest BCUT2D eigenvalue weighted by Gasteiger charge is -2.07. The summed E-state index contributed by atoms with van der Waals surface area (Å²) >= 11 is 5.53. The summed E-state index contributed by atoms with van der Waals surface area (Å²) in [4.78, 5) is 3.53. The van der Waals surface area contributed by atoms with Crippen LogP contribution in [0.4, 0.5) is 4.39 Å². The summed E-state index contributed by atoms with van der Waals surface area (Å²) in [6, 6.07) is 2.23. The Balaban J connectivity index is 2.91. The molecule has 0 radical (unpaired) electrons. The minimum atomic E-state index is -3.45. The average Bonchev–Trinajstić information content (AvgIpc) is 2.17. The Labute approximate surface area is 93.2 Å². The quantitative estimate of drug-likeness (QED) is 0.768. The van der Waals surface area contributed by atoms with E-state index in [2.05, 4.69) is 4.98 Å². The van der Waals surface area contributed by atoms with Crippen molar-refractivity contribution >= 4 is 21.4 Å². The van der Waals surface area contributed by atoms with Gasteiger partial charge in [0.1, 0.15) is 5.82 Å². The van der Waals surface area contributed by atoms with Crippen molar-refractivity contribution in [2.45, 2.75) is 11.9 Å². The molecule has 1 atom stereocenters. The van der Waals surface area contributed by atoms with E-state index in [1.165, 1.54) is 0 Å². The average molecular weight is 252 g/mol. The van der Waals surface area contributed by atoms with Gasteiger partial charge in [0.15, 0.2) is 14.9 Å². The van der Waals surface area contributed by atoms with Crippen LogP contribution in [0.25, 0.3) is 0 Å². The van der Waals surface area contributed by atoms with Gasteiger partial charge in [0.05, 0.1) is 11.9 Å². The first kappa shape index (κ1) is 12.4. The molecule has 1 unspecified atom stereocenters. The molecule has 0 saturated carbocycles. The van der Waals surface area contributed by atoms with Crippen molar-refractivity contribution in [3.8, 4) is 0 Å². The monoisotopic (exact) mass is 251 g/mol. The van der Waals surface area contributed by atoms with Crippen molar-refractivity contribution in [3.05, 3.63) is 24.1 Å². The lowest BCUT2D eigenvalue weighted by molar-refractivity contribution is 0.576. The highest BCUT2D eigenvalue weighted by atomic mass is 35.5. The van der Waals surface area contributed by atoms with Gasteiger partial charge in [-0.25, -0.2) is 17.8 Å². The van der Waals surface area contributed by atoms with Gasteiger partial charge in [-0.1, -0.05) is 6.92 Å². The molecule has 0 amide bonds. The molecule has 15 heavy (non-hydrogen) atoms. The van der Waals surface area contributed by atoms with Crippen LogP contribution < -0.4 is 0 Å². The second-order valence-corrected chi connectivity index (χ2v) is 5.65. The topological polar surface area (TPSA) is 47.0 Å². The molecule has 0 aromatic carbocycles. The van der Waals surface area contributed by atoms with Crippen LogP contribution in [0.2, 0.25) is 0 Å². The highest BCUT2D eigenvalue weighted by Gasteiger charge is 2.19. The fourth-order valence-corrected chi connectivity index (χ4v) is 2.82. The molecule has 0 saturated heterocycles. The van der Waals surface area contributed by atoms with Gasteiger partial charge in [-0.2, -0.15) is 0 Å². The molecule has 0 fully saturated rings. The third-order valence-corrected chi connectivity index (χ3v) is 4.20. The van der Waals surface area contributed by atoms with Gasteiger partial charge in [-0.05, 0) is 18.1 Å². The lowest BCUT2D eigenvalue weighted by atomic mass is 10.3. The second kappa shape index (κ2) is 4.90. The van der Waals surface area contributed by atoms with Crippen molar-refractivity contribution in [1.29, 1.82) is 0 Å². The summed E-state index contributed by atoms with van der Waals surface area (Å²) in [7, 11) is -3.45. The molecule has 84 valence electrons. The molecule has 1 aromatic rings. The standard InChI is InChI=1S/C9H11ClFNO2S/c1-7(4-10)6-15(13,14)9-3-2-8(11)5-12-9/h2-3,5,7H,4,6H2,1H3. The normalized spacial score (nSPS) is 13.8. The number of sulfone groups is 1. The van der Waals surface area contributed by atoms with E-state index >= 15 is 0 Å². The molecule has 1 rings (SSSR count). The highest BCUT2D eigenvalue weighted by molar-refractivity contribution is 7.91. The van der Waals surface area contributed by atoms with Crippen molar-refractivity contribution in [2.75, 3.05) is 11.6 Å². The predicted molar refractivity (Wildman–Crippen MR) is 56.1 cm³/mol. The number of hydrogen-bond acceptors (Lipinski definition) is 3. The third-order valence-electron chi connectivity index (χ3n) is 1.79. The molecule has 0 bridgehead atoms. The van der Waals surface area contributed by atoms with Gasteiger partial charge < -0.3 is 0 Å². The summed E-state index contributed by atoms with van der Waals surface area (Å²) in [5.41, 5.74) is 0. The summed E-state index contributed by atoms with van der Waals surface area (Å²) in [6.07, 6.45) is 0.887. The molecule has 6 heteroatoms. The summed E-state index contributed by atoms with van der Waals surface area (Å²) in [5.74, 6) is -0.516. The van der Waals surface area contributed by atoms with E-state index in [9.17, 15) is 12.8 Å². The molecule has 3 nitrogen and oxygen atoms in total. The van der Waals surface area contributed by atoms with Gasteiger partial charge in [-0.3, -0.25) is 0 Å². The number of alkyl halides is 1. The smallest absolute Gasteiger partial charge is 0.195 e. The maximum Gasteiger partial charge on any atom is 0.195 e. The molecular weight excluding hydrogens is 241 g/mol. The molecule has 0 aliphatic carbocycles. The number of halogens is 2. The fraction of sp³-hybridized carbons (Fsp3) is 0.444. The van der Waals surface area contributed by atoms with Crippen molar-refractivity contribution in [2.24, 2.45) is 5.92 Å². The van der Waals surface area contributed by atoms with Crippen LogP contribution in [-0.2, 0) is 9.84 Å². The number of rotatable bonds is 4. The van der Waals surface area contributed by atoms with E-state index in [0.29, 0.717) is 0 Å². The first-order valence-electron chi connectivity index (χ1n) is 4.36. The van der Waals surface area contributed by atoms with E-state index in [0.717, 1.165) is 18.3 Å². The SMILES string of the molecule is CC(CCl)CS(=O)(=O)c1ccc(F)cn1. The molecule has 1 heterocycles. The van der Waals surface area contributed by atoms with Crippen LogP contribution in [0.1, 0.15) is 6.92 Å². The number of nitrogens with zero attached hydrogens (tertiary/aromatic N) is 1. The van der Waals surface area contributed by atoms with E-state index in [4.69, 9.17) is 11.6 Å². The predicted octanol–water partition coefficient (Wildman–Crippen LogP) is 1.87. The van der Waals surface area contributed by atoms with E-state index in [-0.39, 0.29) is 22.6 Å². The fourth-order valence-electron chi connectivity index (χ4n) is 1.05. The van der Waals surface area contributed by atoms with Crippen LogP contribution in [0, 0.1) is 11.7 Å². The number of pyridine rings is 1. The second-order valence-electron chi connectivity index (χ2n) is 3.36. The molecule has 0 aliphatic heterocycles. The van der Waals surface area contributed by atoms with E-state index < -0.39 is 15.7 Å². The lowest BCUT2D eigenvalue weighted by Crippen LogP contribution is -2.16. The summed E-state index contributed by atoms with van der Waals surface area (Å²) in [5, 5.41) is -0.110. The van der Waals surface area contributed by atoms with Gasteiger partial charge in [0.25, 0.3) is 0 Å². The van der Waals surface area contributed by atoms with Gasteiger partial charge >= 0.3 is 0 Å². The van der Waals surface area contributed by atoms with Crippen LogP contribution in [0.5, 0.6) is 0 Å². The van der Waals surface area contributed by atoms with Gasteiger partial charge in [0.2, 0.25) is 0 Å². The molecule has 0 spiro atoms. The maximum absolute atomic E-state index is 12.5. The number of hydrogen-bond donors (Lipinski definition) is 0.